The van der Waals surface area contributed by atoms with Gasteiger partial charge in [-0.3, -0.25) is 0 Å². The molecule has 1 saturated carbocycles. The Kier molecular flexibility index (Phi) is 5.06. The molecule has 2 nitrogen and oxygen atoms in total. The molecule has 1 unspecified atom stereocenters. The zero-order valence-corrected chi connectivity index (χ0v) is 11.6. The number of nitrogens with one attached hydrogen (secondary N) is 1. The number of hydrogen-bond acceptors (Lipinski definition) is 2. The molecule has 0 heterocycles. The van der Waals surface area contributed by atoms with Gasteiger partial charge in [-0.25, -0.2) is 0 Å². The smallest absolute Gasteiger partial charge is 0.119 e. The lowest BCUT2D eigenvalue weighted by Gasteiger charge is -2.20. The van der Waals surface area contributed by atoms with E-state index in [1.807, 2.05) is 6.92 Å². The number of hydrogen-bond donors (Lipinski definition) is 1. The minimum atomic E-state index is 0.638. The molecule has 0 aliphatic heterocycles. The first-order valence-corrected chi connectivity index (χ1v) is 7.24. The van der Waals surface area contributed by atoms with Gasteiger partial charge in [-0.1, -0.05) is 25.0 Å². The molecule has 1 aliphatic carbocycles. The van der Waals surface area contributed by atoms with Gasteiger partial charge in [0.2, 0.25) is 0 Å². The summed E-state index contributed by atoms with van der Waals surface area (Å²) in [6, 6.07) is 9.05. The van der Waals surface area contributed by atoms with Crippen LogP contribution in [0.25, 0.3) is 0 Å². The van der Waals surface area contributed by atoms with E-state index in [1.54, 1.807) is 0 Å². The van der Waals surface area contributed by atoms with Crippen LogP contribution in [0.1, 0.15) is 45.1 Å². The first-order valence-electron chi connectivity index (χ1n) is 7.24. The average molecular weight is 247 g/mol. The highest BCUT2D eigenvalue weighted by Gasteiger charge is 2.20. The molecule has 1 atom stereocenters. The molecule has 0 amide bonds. The second kappa shape index (κ2) is 6.79. The van der Waals surface area contributed by atoms with E-state index in [-0.39, 0.29) is 0 Å². The SMILES string of the molecule is CCOc1ccc(CNC(C)C2CCCC2)cc1. The van der Waals surface area contributed by atoms with Crippen molar-refractivity contribution < 1.29 is 4.74 Å². The van der Waals surface area contributed by atoms with E-state index in [1.165, 1.54) is 31.2 Å². The zero-order valence-electron chi connectivity index (χ0n) is 11.6. The van der Waals surface area contributed by atoms with Crippen LogP contribution in [0.3, 0.4) is 0 Å². The molecule has 2 heteroatoms. The first kappa shape index (κ1) is 13.4. The summed E-state index contributed by atoms with van der Waals surface area (Å²) in [4.78, 5) is 0. The van der Waals surface area contributed by atoms with Crippen LogP contribution in [-0.2, 0) is 6.54 Å². The normalized spacial score (nSPS) is 17.9. The second-order valence-corrected chi connectivity index (χ2v) is 5.29. The fraction of sp³-hybridized carbons (Fsp3) is 0.625. The quantitative estimate of drug-likeness (QED) is 0.826. The van der Waals surface area contributed by atoms with Gasteiger partial charge in [0.05, 0.1) is 6.61 Å². The van der Waals surface area contributed by atoms with Crippen molar-refractivity contribution in [1.82, 2.24) is 5.32 Å². The molecule has 2 rings (SSSR count). The van der Waals surface area contributed by atoms with Crippen molar-refractivity contribution in [1.29, 1.82) is 0 Å². The maximum atomic E-state index is 5.45. The molecular weight excluding hydrogens is 222 g/mol. The van der Waals surface area contributed by atoms with E-state index < -0.39 is 0 Å². The lowest BCUT2D eigenvalue weighted by molar-refractivity contribution is 0.340. The van der Waals surface area contributed by atoms with Crippen molar-refractivity contribution in [3.05, 3.63) is 29.8 Å². The predicted octanol–water partition coefficient (Wildman–Crippen LogP) is 3.75. The Labute approximate surface area is 111 Å². The first-order chi connectivity index (χ1) is 8.79. The molecule has 1 fully saturated rings. The minimum Gasteiger partial charge on any atom is -0.494 e. The van der Waals surface area contributed by atoms with Crippen molar-refractivity contribution in [2.24, 2.45) is 5.92 Å². The fourth-order valence-electron chi connectivity index (χ4n) is 2.77. The summed E-state index contributed by atoms with van der Waals surface area (Å²) in [6.45, 7) is 6.03. The minimum absolute atomic E-state index is 0.638. The number of benzene rings is 1. The van der Waals surface area contributed by atoms with Gasteiger partial charge in [0.25, 0.3) is 0 Å². The summed E-state index contributed by atoms with van der Waals surface area (Å²) in [5.41, 5.74) is 1.34. The molecule has 1 aliphatic rings. The zero-order chi connectivity index (χ0) is 12.8. The highest BCUT2D eigenvalue weighted by Crippen LogP contribution is 2.27. The van der Waals surface area contributed by atoms with Crippen LogP contribution < -0.4 is 10.1 Å². The van der Waals surface area contributed by atoms with Crippen molar-refractivity contribution >= 4 is 0 Å². The Morgan fingerprint density at radius 1 is 1.22 bits per heavy atom. The van der Waals surface area contributed by atoms with E-state index in [9.17, 15) is 0 Å². The Hall–Kier alpha value is -1.02. The summed E-state index contributed by atoms with van der Waals surface area (Å²) < 4.78 is 5.45. The van der Waals surface area contributed by atoms with Crippen molar-refractivity contribution in [2.75, 3.05) is 6.61 Å². The third kappa shape index (κ3) is 3.74. The van der Waals surface area contributed by atoms with E-state index >= 15 is 0 Å². The molecule has 0 bridgehead atoms. The van der Waals surface area contributed by atoms with Gasteiger partial charge >= 0.3 is 0 Å². The van der Waals surface area contributed by atoms with Gasteiger partial charge in [-0.15, -0.1) is 0 Å². The molecule has 1 aromatic carbocycles. The van der Waals surface area contributed by atoms with Crippen LogP contribution in [0.2, 0.25) is 0 Å². The summed E-state index contributed by atoms with van der Waals surface area (Å²) in [7, 11) is 0. The largest absolute Gasteiger partial charge is 0.494 e. The lowest BCUT2D eigenvalue weighted by Crippen LogP contribution is -2.31. The molecule has 100 valence electrons. The Balaban J connectivity index is 1.78. The summed E-state index contributed by atoms with van der Waals surface area (Å²) >= 11 is 0. The van der Waals surface area contributed by atoms with Crippen molar-refractivity contribution in [3.63, 3.8) is 0 Å². The Morgan fingerprint density at radius 3 is 2.50 bits per heavy atom. The van der Waals surface area contributed by atoms with E-state index in [0.29, 0.717) is 6.04 Å². The van der Waals surface area contributed by atoms with E-state index in [2.05, 4.69) is 36.5 Å². The monoisotopic (exact) mass is 247 g/mol. The molecule has 1 aromatic rings. The molecule has 0 saturated heterocycles. The molecule has 18 heavy (non-hydrogen) atoms. The lowest BCUT2D eigenvalue weighted by atomic mass is 9.99. The second-order valence-electron chi connectivity index (χ2n) is 5.29. The maximum Gasteiger partial charge on any atom is 0.119 e. The fourth-order valence-corrected chi connectivity index (χ4v) is 2.77. The molecule has 0 aromatic heterocycles. The Morgan fingerprint density at radius 2 is 1.89 bits per heavy atom. The van der Waals surface area contributed by atoms with Gasteiger partial charge in [0.15, 0.2) is 0 Å². The van der Waals surface area contributed by atoms with Gasteiger partial charge in [0.1, 0.15) is 5.75 Å². The predicted molar refractivity (Wildman–Crippen MR) is 75.9 cm³/mol. The van der Waals surface area contributed by atoms with Crippen molar-refractivity contribution in [3.8, 4) is 5.75 Å². The summed E-state index contributed by atoms with van der Waals surface area (Å²) in [6.07, 6.45) is 5.63. The molecule has 1 N–H and O–H groups in total. The van der Waals surface area contributed by atoms with Crippen LogP contribution in [0.5, 0.6) is 5.75 Å². The summed E-state index contributed by atoms with van der Waals surface area (Å²) in [5.74, 6) is 1.85. The van der Waals surface area contributed by atoms with Crippen LogP contribution in [0.15, 0.2) is 24.3 Å². The highest BCUT2D eigenvalue weighted by molar-refractivity contribution is 5.27. The number of rotatable bonds is 6. The Bertz CT molecular complexity index is 341. The van der Waals surface area contributed by atoms with Crippen LogP contribution in [0.4, 0.5) is 0 Å². The third-order valence-electron chi connectivity index (χ3n) is 3.97. The molecule has 0 spiro atoms. The van der Waals surface area contributed by atoms with Gasteiger partial charge in [-0.05, 0) is 50.3 Å². The number of ether oxygens (including phenoxy) is 1. The van der Waals surface area contributed by atoms with Gasteiger partial charge < -0.3 is 10.1 Å². The highest BCUT2D eigenvalue weighted by atomic mass is 16.5. The molecular formula is C16H25NO. The van der Waals surface area contributed by atoms with Crippen LogP contribution in [-0.4, -0.2) is 12.6 Å². The van der Waals surface area contributed by atoms with Crippen LogP contribution >= 0.6 is 0 Å². The van der Waals surface area contributed by atoms with Crippen molar-refractivity contribution in [2.45, 2.75) is 52.1 Å². The van der Waals surface area contributed by atoms with E-state index in [4.69, 9.17) is 4.74 Å². The van der Waals surface area contributed by atoms with Crippen LogP contribution in [0, 0.1) is 5.92 Å². The maximum absolute atomic E-state index is 5.45. The average Bonchev–Trinajstić information content (AvgIpc) is 2.92. The third-order valence-corrected chi connectivity index (χ3v) is 3.97. The van der Waals surface area contributed by atoms with E-state index in [0.717, 1.165) is 24.8 Å². The summed E-state index contributed by atoms with van der Waals surface area (Å²) in [5, 5.41) is 3.65. The van der Waals surface area contributed by atoms with Gasteiger partial charge in [-0.2, -0.15) is 0 Å². The van der Waals surface area contributed by atoms with Gasteiger partial charge in [0, 0.05) is 12.6 Å². The molecule has 0 radical (unpaired) electrons. The standard InChI is InChI=1S/C16H25NO/c1-3-18-16-10-8-14(9-11-16)12-17-13(2)15-6-4-5-7-15/h8-11,13,15,17H,3-7,12H2,1-2H3. The topological polar surface area (TPSA) is 21.3 Å².